The standard InChI is InChI=1S/C11H22/c1-6-9-10(7-2)11(9,5)8(3)4/h8-10H,6-7H2,1-5H3. The average molecular weight is 154 g/mol. The van der Waals surface area contributed by atoms with Crippen molar-refractivity contribution in [3.8, 4) is 0 Å². The second-order valence-electron chi connectivity index (χ2n) is 4.55. The highest BCUT2D eigenvalue weighted by Crippen LogP contribution is 2.65. The van der Waals surface area contributed by atoms with E-state index in [1.807, 2.05) is 0 Å². The summed E-state index contributed by atoms with van der Waals surface area (Å²) in [6.07, 6.45) is 2.76. The molecule has 66 valence electrons. The number of hydrogen-bond acceptors (Lipinski definition) is 0. The third-order valence-electron chi connectivity index (χ3n) is 4.10. The van der Waals surface area contributed by atoms with Gasteiger partial charge in [-0.15, -0.1) is 0 Å². The van der Waals surface area contributed by atoms with Crippen molar-refractivity contribution in [3.05, 3.63) is 0 Å². The molecular formula is C11H22. The highest BCUT2D eigenvalue weighted by atomic mass is 14.6. The maximum atomic E-state index is 2.47. The maximum Gasteiger partial charge on any atom is -0.0241 e. The molecule has 0 heterocycles. The zero-order valence-corrected chi connectivity index (χ0v) is 8.65. The molecule has 0 heteroatoms. The van der Waals surface area contributed by atoms with Crippen molar-refractivity contribution < 1.29 is 0 Å². The third kappa shape index (κ3) is 1.11. The molecule has 1 rings (SSSR count). The first-order valence-electron chi connectivity index (χ1n) is 5.08. The summed E-state index contributed by atoms with van der Waals surface area (Å²) in [6.45, 7) is 11.9. The van der Waals surface area contributed by atoms with E-state index < -0.39 is 0 Å². The van der Waals surface area contributed by atoms with Crippen LogP contribution in [-0.4, -0.2) is 0 Å². The molecule has 0 bridgehead atoms. The maximum absolute atomic E-state index is 2.47. The monoisotopic (exact) mass is 154 g/mol. The van der Waals surface area contributed by atoms with Crippen LogP contribution in [0.25, 0.3) is 0 Å². The van der Waals surface area contributed by atoms with E-state index in [-0.39, 0.29) is 0 Å². The number of hydrogen-bond donors (Lipinski definition) is 0. The van der Waals surface area contributed by atoms with Crippen molar-refractivity contribution in [1.82, 2.24) is 0 Å². The first-order valence-corrected chi connectivity index (χ1v) is 5.08. The Morgan fingerprint density at radius 3 is 1.55 bits per heavy atom. The molecule has 0 radical (unpaired) electrons. The molecule has 0 aromatic rings. The average Bonchev–Trinajstić information content (AvgIpc) is 2.56. The fourth-order valence-corrected chi connectivity index (χ4v) is 3.03. The Morgan fingerprint density at radius 1 is 1.09 bits per heavy atom. The Hall–Kier alpha value is 0. The van der Waals surface area contributed by atoms with E-state index >= 15 is 0 Å². The number of rotatable bonds is 3. The summed E-state index contributed by atoms with van der Waals surface area (Å²) in [5.74, 6) is 2.91. The van der Waals surface area contributed by atoms with E-state index in [1.54, 1.807) is 0 Å². The largest absolute Gasteiger partial charge is 0.0651 e. The molecule has 0 N–H and O–H groups in total. The van der Waals surface area contributed by atoms with E-state index in [0.717, 1.165) is 17.8 Å². The SMILES string of the molecule is CCC1C(CC)C1(C)C(C)C. The normalized spacial score (nSPS) is 43.1. The van der Waals surface area contributed by atoms with E-state index in [0.29, 0.717) is 5.41 Å². The molecular weight excluding hydrogens is 132 g/mol. The molecule has 0 nitrogen and oxygen atoms in total. The summed E-state index contributed by atoms with van der Waals surface area (Å²) in [6, 6.07) is 0. The Bertz CT molecular complexity index is 125. The zero-order chi connectivity index (χ0) is 8.65. The van der Waals surface area contributed by atoms with Crippen molar-refractivity contribution in [3.63, 3.8) is 0 Å². The van der Waals surface area contributed by atoms with Crippen molar-refractivity contribution in [2.24, 2.45) is 23.2 Å². The molecule has 2 atom stereocenters. The van der Waals surface area contributed by atoms with E-state index in [4.69, 9.17) is 0 Å². The van der Waals surface area contributed by atoms with Crippen LogP contribution in [0.5, 0.6) is 0 Å². The van der Waals surface area contributed by atoms with Crippen molar-refractivity contribution in [2.45, 2.75) is 47.5 Å². The smallest absolute Gasteiger partial charge is 0.0241 e. The van der Waals surface area contributed by atoms with Gasteiger partial charge in [0.05, 0.1) is 0 Å². The molecule has 0 aromatic heterocycles. The van der Waals surface area contributed by atoms with Crippen LogP contribution in [-0.2, 0) is 0 Å². The molecule has 0 saturated heterocycles. The summed E-state index contributed by atoms with van der Waals surface area (Å²) in [7, 11) is 0. The topological polar surface area (TPSA) is 0 Å². The predicted octanol–water partition coefficient (Wildman–Crippen LogP) is 3.71. The summed E-state index contributed by atoms with van der Waals surface area (Å²) in [5.41, 5.74) is 0.684. The fourth-order valence-electron chi connectivity index (χ4n) is 3.03. The lowest BCUT2D eigenvalue weighted by atomic mass is 9.89. The van der Waals surface area contributed by atoms with E-state index in [9.17, 15) is 0 Å². The first-order chi connectivity index (χ1) is 5.08. The van der Waals surface area contributed by atoms with E-state index in [2.05, 4.69) is 34.6 Å². The van der Waals surface area contributed by atoms with Gasteiger partial charge in [0.15, 0.2) is 0 Å². The minimum Gasteiger partial charge on any atom is -0.0651 e. The van der Waals surface area contributed by atoms with Gasteiger partial charge in [-0.1, -0.05) is 47.5 Å². The van der Waals surface area contributed by atoms with Gasteiger partial charge in [-0.25, -0.2) is 0 Å². The molecule has 11 heavy (non-hydrogen) atoms. The van der Waals surface area contributed by atoms with Gasteiger partial charge < -0.3 is 0 Å². The van der Waals surface area contributed by atoms with Crippen LogP contribution < -0.4 is 0 Å². The van der Waals surface area contributed by atoms with Crippen LogP contribution in [0.3, 0.4) is 0 Å². The van der Waals surface area contributed by atoms with Gasteiger partial charge in [-0.05, 0) is 23.2 Å². The van der Waals surface area contributed by atoms with Gasteiger partial charge in [0.1, 0.15) is 0 Å². The molecule has 0 aromatic carbocycles. The van der Waals surface area contributed by atoms with Crippen LogP contribution in [0, 0.1) is 23.2 Å². The lowest BCUT2D eigenvalue weighted by molar-refractivity contribution is 0.332. The molecule has 1 fully saturated rings. The molecule has 2 unspecified atom stereocenters. The Morgan fingerprint density at radius 2 is 1.45 bits per heavy atom. The highest BCUT2D eigenvalue weighted by molar-refractivity contribution is 5.07. The molecule has 1 saturated carbocycles. The van der Waals surface area contributed by atoms with Gasteiger partial charge in [-0.3, -0.25) is 0 Å². The van der Waals surface area contributed by atoms with Gasteiger partial charge >= 0.3 is 0 Å². The minimum atomic E-state index is 0.684. The van der Waals surface area contributed by atoms with Crippen LogP contribution >= 0.6 is 0 Å². The van der Waals surface area contributed by atoms with Crippen molar-refractivity contribution in [2.75, 3.05) is 0 Å². The van der Waals surface area contributed by atoms with Crippen LogP contribution in [0.2, 0.25) is 0 Å². The zero-order valence-electron chi connectivity index (χ0n) is 8.65. The third-order valence-corrected chi connectivity index (χ3v) is 4.10. The van der Waals surface area contributed by atoms with Crippen LogP contribution in [0.1, 0.15) is 47.5 Å². The highest BCUT2D eigenvalue weighted by Gasteiger charge is 2.59. The quantitative estimate of drug-likeness (QED) is 0.581. The first kappa shape index (κ1) is 9.09. The van der Waals surface area contributed by atoms with Crippen molar-refractivity contribution >= 4 is 0 Å². The molecule has 1 aliphatic rings. The molecule has 0 spiro atoms. The predicted molar refractivity (Wildman–Crippen MR) is 50.5 cm³/mol. The van der Waals surface area contributed by atoms with Gasteiger partial charge in [0.25, 0.3) is 0 Å². The second kappa shape index (κ2) is 2.80. The van der Waals surface area contributed by atoms with Crippen molar-refractivity contribution in [1.29, 1.82) is 0 Å². The van der Waals surface area contributed by atoms with Gasteiger partial charge in [0, 0.05) is 0 Å². The Balaban J connectivity index is 2.61. The van der Waals surface area contributed by atoms with E-state index in [1.165, 1.54) is 12.8 Å². The van der Waals surface area contributed by atoms with Crippen LogP contribution in [0.4, 0.5) is 0 Å². The second-order valence-corrected chi connectivity index (χ2v) is 4.55. The summed E-state index contributed by atoms with van der Waals surface area (Å²) >= 11 is 0. The van der Waals surface area contributed by atoms with Gasteiger partial charge in [0.2, 0.25) is 0 Å². The lowest BCUT2D eigenvalue weighted by Crippen LogP contribution is -2.08. The molecule has 0 aliphatic heterocycles. The fraction of sp³-hybridized carbons (Fsp3) is 1.00. The summed E-state index contributed by atoms with van der Waals surface area (Å²) < 4.78 is 0. The minimum absolute atomic E-state index is 0.684. The van der Waals surface area contributed by atoms with Crippen LogP contribution in [0.15, 0.2) is 0 Å². The summed E-state index contributed by atoms with van der Waals surface area (Å²) in [5, 5.41) is 0. The lowest BCUT2D eigenvalue weighted by Gasteiger charge is -2.16. The van der Waals surface area contributed by atoms with Gasteiger partial charge in [-0.2, -0.15) is 0 Å². The summed E-state index contributed by atoms with van der Waals surface area (Å²) in [4.78, 5) is 0. The Kier molecular flexibility index (Phi) is 2.32. The molecule has 0 amide bonds. The Labute approximate surface area is 71.4 Å². The molecule has 1 aliphatic carbocycles.